The average molecular weight is 447 g/mol. The molecule has 0 unspecified atom stereocenters. The number of fused-ring (bicyclic) bond motifs is 1. The van der Waals surface area contributed by atoms with Crippen LogP contribution in [0.2, 0.25) is 5.02 Å². The molecule has 26 heavy (non-hydrogen) atoms. The summed E-state index contributed by atoms with van der Waals surface area (Å²) in [4.78, 5) is 16.8. The summed E-state index contributed by atoms with van der Waals surface area (Å²) in [5.74, 6) is -1.41. The van der Waals surface area contributed by atoms with E-state index in [1.807, 2.05) is 0 Å². The van der Waals surface area contributed by atoms with E-state index in [9.17, 15) is 26.4 Å². The van der Waals surface area contributed by atoms with Crippen molar-refractivity contribution in [2.24, 2.45) is 4.99 Å². The molecule has 1 aromatic carbocycles. The molecule has 1 amide bonds. The van der Waals surface area contributed by atoms with Crippen molar-refractivity contribution in [1.29, 1.82) is 0 Å². The second-order valence-corrected chi connectivity index (χ2v) is 9.79. The number of nitrogens with zero attached hydrogens (tertiary/aromatic N) is 2. The Morgan fingerprint density at radius 3 is 2.65 bits per heavy atom. The predicted molar refractivity (Wildman–Crippen MR) is 95.9 cm³/mol. The molecule has 2 aliphatic heterocycles. The number of carbonyl (C=O) groups excluding carboxylic acids is 1. The van der Waals surface area contributed by atoms with Gasteiger partial charge in [0.1, 0.15) is 5.88 Å². The Morgan fingerprint density at radius 2 is 2.04 bits per heavy atom. The van der Waals surface area contributed by atoms with Gasteiger partial charge < -0.3 is 4.90 Å². The minimum atomic E-state index is -4.68. The molecule has 2 saturated heterocycles. The fourth-order valence-electron chi connectivity index (χ4n) is 2.88. The Morgan fingerprint density at radius 1 is 1.35 bits per heavy atom. The van der Waals surface area contributed by atoms with E-state index < -0.39 is 43.8 Å². The van der Waals surface area contributed by atoms with E-state index >= 15 is 0 Å². The van der Waals surface area contributed by atoms with Crippen LogP contribution in [0, 0.1) is 0 Å². The molecule has 2 heterocycles. The van der Waals surface area contributed by atoms with Crippen molar-refractivity contribution in [1.82, 2.24) is 0 Å². The van der Waals surface area contributed by atoms with Gasteiger partial charge in [-0.3, -0.25) is 4.79 Å². The van der Waals surface area contributed by atoms with Crippen LogP contribution >= 0.6 is 35.0 Å². The number of benzene rings is 1. The number of aliphatic imine (C=N–C) groups is 1. The van der Waals surface area contributed by atoms with Crippen molar-refractivity contribution in [3.63, 3.8) is 0 Å². The molecule has 0 aromatic heterocycles. The summed E-state index contributed by atoms with van der Waals surface area (Å²) in [5.41, 5.74) is -0.978. The van der Waals surface area contributed by atoms with Crippen LogP contribution < -0.4 is 4.90 Å². The fraction of sp³-hybridized carbons (Fsp3) is 0.429. The van der Waals surface area contributed by atoms with Crippen molar-refractivity contribution in [2.75, 3.05) is 22.3 Å². The average Bonchev–Trinajstić information content (AvgIpc) is 2.97. The van der Waals surface area contributed by atoms with Crippen molar-refractivity contribution < 1.29 is 26.4 Å². The standard InChI is InChI=1S/C14H11Cl2F3N2O3S2/c15-4-12(22)20-13-21(10-5-26(23,24)6-11(10)25-13)7-1-2-9(16)8(3-7)14(17,18)19/h1-3,10-11H,4-6H2/t10-,11+/m0/s1. The molecule has 0 aliphatic carbocycles. The predicted octanol–water partition coefficient (Wildman–Crippen LogP) is 3.20. The van der Waals surface area contributed by atoms with Crippen LogP contribution in [0.3, 0.4) is 0 Å². The van der Waals surface area contributed by atoms with Gasteiger partial charge in [-0.2, -0.15) is 18.2 Å². The normalized spacial score (nSPS) is 26.3. The van der Waals surface area contributed by atoms with E-state index in [0.717, 1.165) is 23.9 Å². The number of rotatable bonds is 2. The molecule has 0 radical (unpaired) electrons. The molecular formula is C14H11Cl2F3N2O3S2. The van der Waals surface area contributed by atoms with Crippen molar-refractivity contribution in [3.8, 4) is 0 Å². The van der Waals surface area contributed by atoms with E-state index in [2.05, 4.69) is 4.99 Å². The zero-order valence-electron chi connectivity index (χ0n) is 12.8. The van der Waals surface area contributed by atoms with Gasteiger partial charge in [0.25, 0.3) is 5.91 Å². The lowest BCUT2D eigenvalue weighted by Gasteiger charge is -2.25. The molecule has 1 aromatic rings. The van der Waals surface area contributed by atoms with Crippen molar-refractivity contribution in [3.05, 3.63) is 28.8 Å². The minimum Gasteiger partial charge on any atom is -0.316 e. The van der Waals surface area contributed by atoms with Gasteiger partial charge in [0.05, 0.1) is 28.1 Å². The first-order valence-corrected chi connectivity index (χ1v) is 10.8. The first-order chi connectivity index (χ1) is 12.0. The number of amidine groups is 1. The maximum Gasteiger partial charge on any atom is 0.417 e. The summed E-state index contributed by atoms with van der Waals surface area (Å²) in [7, 11) is -3.33. The molecule has 0 N–H and O–H groups in total. The monoisotopic (exact) mass is 446 g/mol. The lowest BCUT2D eigenvalue weighted by molar-refractivity contribution is -0.137. The highest BCUT2D eigenvalue weighted by Gasteiger charge is 2.49. The van der Waals surface area contributed by atoms with Gasteiger partial charge in [-0.05, 0) is 18.2 Å². The van der Waals surface area contributed by atoms with E-state index in [1.54, 1.807) is 0 Å². The minimum absolute atomic E-state index is 0.0694. The largest absolute Gasteiger partial charge is 0.417 e. The van der Waals surface area contributed by atoms with E-state index in [-0.39, 0.29) is 28.2 Å². The molecule has 0 saturated carbocycles. The third kappa shape index (κ3) is 3.83. The van der Waals surface area contributed by atoms with Crippen molar-refractivity contribution in [2.45, 2.75) is 17.5 Å². The summed E-state index contributed by atoms with van der Waals surface area (Å²) >= 11 is 12.1. The molecule has 142 valence electrons. The van der Waals surface area contributed by atoms with Gasteiger partial charge in [-0.1, -0.05) is 23.4 Å². The van der Waals surface area contributed by atoms with Gasteiger partial charge >= 0.3 is 6.18 Å². The van der Waals surface area contributed by atoms with Gasteiger partial charge in [0.2, 0.25) is 0 Å². The SMILES string of the molecule is O=C(CCl)N=C1S[C@@H]2CS(=O)(=O)C[C@@H]2N1c1ccc(Cl)c(C(F)(F)F)c1. The number of halogens is 5. The van der Waals surface area contributed by atoms with Crippen LogP contribution in [0.15, 0.2) is 23.2 Å². The Kier molecular flexibility index (Phi) is 5.24. The number of hydrogen-bond donors (Lipinski definition) is 0. The summed E-state index contributed by atoms with van der Waals surface area (Å²) in [6, 6.07) is 2.64. The van der Waals surface area contributed by atoms with E-state index in [4.69, 9.17) is 23.2 Å². The number of sulfone groups is 1. The summed E-state index contributed by atoms with van der Waals surface area (Å²) in [6.45, 7) is 0. The van der Waals surface area contributed by atoms with Crippen LogP contribution in [-0.4, -0.2) is 48.2 Å². The quantitative estimate of drug-likeness (QED) is 0.652. The first kappa shape index (κ1) is 19.8. The smallest absolute Gasteiger partial charge is 0.316 e. The fourth-order valence-corrected chi connectivity index (χ4v) is 7.10. The Balaban J connectivity index is 2.09. The van der Waals surface area contributed by atoms with E-state index in [1.165, 1.54) is 11.0 Å². The highest BCUT2D eigenvalue weighted by molar-refractivity contribution is 8.16. The van der Waals surface area contributed by atoms with Crippen LogP contribution in [0.1, 0.15) is 5.56 Å². The number of alkyl halides is 4. The van der Waals surface area contributed by atoms with Crippen LogP contribution in [-0.2, 0) is 20.8 Å². The number of carbonyl (C=O) groups is 1. The van der Waals surface area contributed by atoms with Crippen molar-refractivity contribution >= 4 is 61.6 Å². The highest BCUT2D eigenvalue weighted by Crippen LogP contribution is 2.43. The molecule has 0 spiro atoms. The molecule has 2 atom stereocenters. The summed E-state index contributed by atoms with van der Waals surface area (Å²) in [5, 5.41) is -0.762. The molecule has 12 heteroatoms. The molecule has 5 nitrogen and oxygen atoms in total. The zero-order valence-corrected chi connectivity index (χ0v) is 16.0. The second kappa shape index (κ2) is 6.88. The van der Waals surface area contributed by atoms with Crippen LogP contribution in [0.4, 0.5) is 18.9 Å². The van der Waals surface area contributed by atoms with Gasteiger partial charge in [0, 0.05) is 10.9 Å². The molecule has 0 bridgehead atoms. The third-order valence-electron chi connectivity index (χ3n) is 3.93. The maximum absolute atomic E-state index is 13.2. The number of anilines is 1. The van der Waals surface area contributed by atoms with Crippen LogP contribution in [0.5, 0.6) is 0 Å². The summed E-state index contributed by atoms with van der Waals surface area (Å²) < 4.78 is 63.3. The second-order valence-electron chi connectivity index (χ2n) is 5.75. The topological polar surface area (TPSA) is 66.8 Å². The lowest BCUT2D eigenvalue weighted by Crippen LogP contribution is -2.38. The molecule has 2 aliphatic rings. The van der Waals surface area contributed by atoms with E-state index in [0.29, 0.717) is 0 Å². The third-order valence-corrected chi connectivity index (χ3v) is 7.70. The van der Waals surface area contributed by atoms with Gasteiger partial charge in [-0.15, -0.1) is 11.6 Å². The van der Waals surface area contributed by atoms with Gasteiger partial charge in [0.15, 0.2) is 15.0 Å². The molecule has 2 fully saturated rings. The molecule has 3 rings (SSSR count). The Hall–Kier alpha value is -0.970. The maximum atomic E-state index is 13.2. The summed E-state index contributed by atoms with van der Waals surface area (Å²) in [6.07, 6.45) is -4.68. The highest BCUT2D eigenvalue weighted by atomic mass is 35.5. The van der Waals surface area contributed by atoms with Crippen LogP contribution in [0.25, 0.3) is 0 Å². The zero-order chi connectivity index (χ0) is 19.3. The number of hydrogen-bond acceptors (Lipinski definition) is 4. The molecular weight excluding hydrogens is 436 g/mol. The van der Waals surface area contributed by atoms with Gasteiger partial charge in [-0.25, -0.2) is 8.42 Å². The number of thioether (sulfide) groups is 1. The number of amides is 1. The lowest BCUT2D eigenvalue weighted by atomic mass is 10.1. The Bertz CT molecular complexity index is 890. The first-order valence-electron chi connectivity index (χ1n) is 7.22. The Labute approximate surface area is 161 Å².